The number of carbonyl (C=O) groups is 1. The molecule has 0 atom stereocenters. The van der Waals surface area contributed by atoms with Gasteiger partial charge in [-0.2, -0.15) is 13.2 Å². The van der Waals surface area contributed by atoms with Gasteiger partial charge in [0.2, 0.25) is 0 Å². The van der Waals surface area contributed by atoms with Gasteiger partial charge in [-0.1, -0.05) is 29.8 Å². The van der Waals surface area contributed by atoms with E-state index in [2.05, 4.69) is 9.97 Å². The standard InChI is InChI=1S/C21H17ClF3N3O3S/c22-19-9-6-15(21(23,24)25)12-20(19)28(32(30,31)18-4-2-1-3-5-18)13-17(29)8-7-16-10-11-26-14-27-16/h1-6,9-12,14H,7-8,13H2. The van der Waals surface area contributed by atoms with Crippen molar-refractivity contribution < 1.29 is 26.4 Å². The molecular formula is C21H17ClF3N3O3S. The molecule has 11 heteroatoms. The first kappa shape index (κ1) is 23.7. The van der Waals surface area contributed by atoms with E-state index in [-0.39, 0.29) is 22.8 Å². The Morgan fingerprint density at radius 3 is 2.41 bits per heavy atom. The zero-order chi connectivity index (χ0) is 23.4. The van der Waals surface area contributed by atoms with Crippen molar-refractivity contribution >= 4 is 33.1 Å². The minimum atomic E-state index is -4.72. The molecule has 32 heavy (non-hydrogen) atoms. The quantitative estimate of drug-likeness (QED) is 0.469. The Kier molecular flexibility index (Phi) is 7.15. The number of hydrogen-bond acceptors (Lipinski definition) is 5. The number of nitrogens with zero attached hydrogens (tertiary/aromatic N) is 3. The maximum absolute atomic E-state index is 13.3. The van der Waals surface area contributed by atoms with Crippen LogP contribution in [0.4, 0.5) is 18.9 Å². The fraction of sp³-hybridized carbons (Fsp3) is 0.190. The number of sulfonamides is 1. The molecule has 0 amide bonds. The topological polar surface area (TPSA) is 80.2 Å². The van der Waals surface area contributed by atoms with E-state index in [1.54, 1.807) is 12.1 Å². The van der Waals surface area contributed by atoms with E-state index in [4.69, 9.17) is 11.6 Å². The minimum Gasteiger partial charge on any atom is -0.298 e. The molecule has 1 aromatic heterocycles. The van der Waals surface area contributed by atoms with Crippen molar-refractivity contribution in [1.29, 1.82) is 0 Å². The summed E-state index contributed by atoms with van der Waals surface area (Å²) in [6.07, 6.45) is -1.76. The summed E-state index contributed by atoms with van der Waals surface area (Å²) in [4.78, 5) is 20.2. The molecule has 3 aromatic rings. The lowest BCUT2D eigenvalue weighted by Gasteiger charge is -2.25. The van der Waals surface area contributed by atoms with Crippen LogP contribution in [0.1, 0.15) is 17.7 Å². The third-order valence-corrected chi connectivity index (χ3v) is 6.59. The van der Waals surface area contributed by atoms with Crippen molar-refractivity contribution in [2.45, 2.75) is 23.9 Å². The van der Waals surface area contributed by atoms with E-state index in [0.29, 0.717) is 16.1 Å². The maximum atomic E-state index is 13.3. The Morgan fingerprint density at radius 2 is 1.78 bits per heavy atom. The van der Waals surface area contributed by atoms with Crippen LogP contribution in [0, 0.1) is 0 Å². The number of halogens is 4. The summed E-state index contributed by atoms with van der Waals surface area (Å²) in [5.41, 5.74) is -0.942. The highest BCUT2D eigenvalue weighted by Crippen LogP contribution is 2.37. The molecule has 3 rings (SSSR count). The highest BCUT2D eigenvalue weighted by molar-refractivity contribution is 7.92. The van der Waals surface area contributed by atoms with E-state index in [1.165, 1.54) is 36.8 Å². The molecule has 0 spiro atoms. The molecule has 0 radical (unpaired) electrons. The van der Waals surface area contributed by atoms with Crippen LogP contribution in [0.2, 0.25) is 5.02 Å². The molecular weight excluding hydrogens is 467 g/mol. The Morgan fingerprint density at radius 1 is 1.06 bits per heavy atom. The molecule has 0 aliphatic heterocycles. The van der Waals surface area contributed by atoms with Crippen molar-refractivity contribution in [2.75, 3.05) is 10.8 Å². The van der Waals surface area contributed by atoms with Crippen molar-refractivity contribution in [1.82, 2.24) is 9.97 Å². The monoisotopic (exact) mass is 483 g/mol. The highest BCUT2D eigenvalue weighted by Gasteiger charge is 2.34. The zero-order valence-electron chi connectivity index (χ0n) is 16.5. The number of benzene rings is 2. The minimum absolute atomic E-state index is 0.0750. The van der Waals surface area contributed by atoms with Gasteiger partial charge in [-0.3, -0.25) is 9.10 Å². The predicted molar refractivity (Wildman–Crippen MR) is 113 cm³/mol. The van der Waals surface area contributed by atoms with Gasteiger partial charge in [-0.05, 0) is 42.8 Å². The molecule has 0 aliphatic carbocycles. The number of anilines is 1. The molecule has 0 saturated carbocycles. The van der Waals surface area contributed by atoms with E-state index < -0.39 is 39.8 Å². The average Bonchev–Trinajstić information content (AvgIpc) is 2.77. The van der Waals surface area contributed by atoms with Crippen molar-refractivity contribution in [3.63, 3.8) is 0 Å². The fourth-order valence-electron chi connectivity index (χ4n) is 2.87. The van der Waals surface area contributed by atoms with Gasteiger partial charge in [0.15, 0.2) is 5.78 Å². The Bertz CT molecular complexity index is 1190. The average molecular weight is 484 g/mol. The summed E-state index contributed by atoms with van der Waals surface area (Å²) in [5.74, 6) is -0.517. The largest absolute Gasteiger partial charge is 0.416 e. The molecule has 0 fully saturated rings. The number of rotatable bonds is 8. The summed E-state index contributed by atoms with van der Waals surface area (Å²) in [6, 6.07) is 11.0. The normalized spacial score (nSPS) is 11.9. The van der Waals surface area contributed by atoms with Gasteiger partial charge in [0.25, 0.3) is 10.0 Å². The van der Waals surface area contributed by atoms with Crippen LogP contribution < -0.4 is 4.31 Å². The zero-order valence-corrected chi connectivity index (χ0v) is 18.0. The summed E-state index contributed by atoms with van der Waals surface area (Å²) in [7, 11) is -4.38. The second kappa shape index (κ2) is 9.66. The van der Waals surface area contributed by atoms with E-state index in [9.17, 15) is 26.4 Å². The number of hydrogen-bond donors (Lipinski definition) is 0. The van der Waals surface area contributed by atoms with E-state index in [0.717, 1.165) is 12.1 Å². The summed E-state index contributed by atoms with van der Waals surface area (Å²) >= 11 is 6.09. The third-order valence-electron chi connectivity index (χ3n) is 4.50. The molecule has 1 heterocycles. The molecule has 2 aromatic carbocycles. The SMILES string of the molecule is O=C(CCc1ccncn1)CN(c1cc(C(F)(F)F)ccc1Cl)S(=O)(=O)c1ccccc1. The van der Waals surface area contributed by atoms with E-state index in [1.807, 2.05) is 0 Å². The van der Waals surface area contributed by atoms with Crippen LogP contribution in [0.5, 0.6) is 0 Å². The number of aromatic nitrogens is 2. The van der Waals surface area contributed by atoms with Crippen LogP contribution in [-0.4, -0.2) is 30.7 Å². The Hall–Kier alpha value is -2.98. The van der Waals surface area contributed by atoms with Gasteiger partial charge in [0.1, 0.15) is 6.33 Å². The number of ketones is 1. The van der Waals surface area contributed by atoms with Crippen LogP contribution in [0.25, 0.3) is 0 Å². The highest BCUT2D eigenvalue weighted by atomic mass is 35.5. The van der Waals surface area contributed by atoms with Gasteiger partial charge in [0.05, 0.1) is 27.7 Å². The lowest BCUT2D eigenvalue weighted by molar-refractivity contribution is -0.137. The fourth-order valence-corrected chi connectivity index (χ4v) is 4.62. The number of aryl methyl sites for hydroxylation is 1. The lowest BCUT2D eigenvalue weighted by Crippen LogP contribution is -2.36. The molecule has 0 bridgehead atoms. The Balaban J connectivity index is 1.98. The van der Waals surface area contributed by atoms with Crippen LogP contribution in [0.15, 0.2) is 72.0 Å². The first-order valence-corrected chi connectivity index (χ1v) is 11.1. The first-order chi connectivity index (χ1) is 15.1. The third kappa shape index (κ3) is 5.63. The first-order valence-electron chi connectivity index (χ1n) is 9.30. The molecule has 168 valence electrons. The van der Waals surface area contributed by atoms with Crippen molar-refractivity contribution in [2.24, 2.45) is 0 Å². The predicted octanol–water partition coefficient (Wildman–Crippen LogP) is 4.55. The lowest BCUT2D eigenvalue weighted by atomic mass is 10.1. The molecule has 0 aliphatic rings. The second-order valence-corrected chi connectivity index (χ2v) is 9.00. The summed E-state index contributed by atoms with van der Waals surface area (Å²) in [5, 5.41) is -0.235. The number of carbonyl (C=O) groups excluding carboxylic acids is 1. The van der Waals surface area contributed by atoms with Crippen molar-refractivity contribution in [3.05, 3.63) is 83.4 Å². The summed E-state index contributed by atoms with van der Waals surface area (Å²) < 4.78 is 66.9. The molecule has 0 unspecified atom stereocenters. The van der Waals surface area contributed by atoms with Crippen LogP contribution in [-0.2, 0) is 27.4 Å². The van der Waals surface area contributed by atoms with Gasteiger partial charge >= 0.3 is 6.18 Å². The smallest absolute Gasteiger partial charge is 0.298 e. The summed E-state index contributed by atoms with van der Waals surface area (Å²) in [6.45, 7) is -0.691. The van der Waals surface area contributed by atoms with Crippen LogP contribution in [0.3, 0.4) is 0 Å². The van der Waals surface area contributed by atoms with Gasteiger partial charge in [-0.15, -0.1) is 0 Å². The van der Waals surface area contributed by atoms with Gasteiger partial charge < -0.3 is 0 Å². The number of alkyl halides is 3. The second-order valence-electron chi connectivity index (χ2n) is 6.73. The van der Waals surface area contributed by atoms with Gasteiger partial charge in [-0.25, -0.2) is 18.4 Å². The van der Waals surface area contributed by atoms with Gasteiger partial charge in [0, 0.05) is 18.3 Å². The molecule has 0 N–H and O–H groups in total. The number of Topliss-reactive ketones (excluding diaryl/α,β-unsaturated/α-hetero) is 1. The maximum Gasteiger partial charge on any atom is 0.416 e. The molecule has 0 saturated heterocycles. The van der Waals surface area contributed by atoms with E-state index >= 15 is 0 Å². The molecule has 6 nitrogen and oxygen atoms in total. The van der Waals surface area contributed by atoms with Crippen molar-refractivity contribution in [3.8, 4) is 0 Å². The Labute approximate surface area is 187 Å². The van der Waals surface area contributed by atoms with Crippen LogP contribution >= 0.6 is 11.6 Å².